The summed E-state index contributed by atoms with van der Waals surface area (Å²) >= 11 is 5.99. The number of nitrogens with one attached hydrogen (secondary N) is 1. The summed E-state index contributed by atoms with van der Waals surface area (Å²) in [5.41, 5.74) is 3.08. The molecular weight excluding hydrogens is 324 g/mol. The molecule has 2 aromatic carbocycles. The highest BCUT2D eigenvalue weighted by molar-refractivity contribution is 6.36. The Kier molecular flexibility index (Phi) is 4.40. The van der Waals surface area contributed by atoms with Gasteiger partial charge in [0.15, 0.2) is 0 Å². The number of hydrogen-bond acceptors (Lipinski definition) is 3. The first-order valence-electron chi connectivity index (χ1n) is 7.72. The highest BCUT2D eigenvalue weighted by Crippen LogP contribution is 2.31. The Morgan fingerprint density at radius 3 is 2.38 bits per heavy atom. The van der Waals surface area contributed by atoms with Crippen molar-refractivity contribution in [1.82, 2.24) is 4.90 Å². The number of likely N-dealkylation sites (N-methyl/N-ethyl adjacent to an activating group) is 1. The van der Waals surface area contributed by atoms with Gasteiger partial charge >= 0.3 is 0 Å². The third-order valence-corrected chi connectivity index (χ3v) is 4.23. The largest absolute Gasteiger partial charge is 0.350 e. The fourth-order valence-corrected chi connectivity index (χ4v) is 2.98. The molecule has 1 aliphatic heterocycles. The van der Waals surface area contributed by atoms with Crippen LogP contribution in [-0.4, -0.2) is 23.3 Å². The number of aryl methyl sites for hydroxylation is 1. The maximum Gasteiger partial charge on any atom is 0.278 e. The molecule has 5 heteroatoms. The molecule has 122 valence electrons. The van der Waals surface area contributed by atoms with Crippen LogP contribution in [-0.2, 0) is 9.59 Å². The van der Waals surface area contributed by atoms with Crippen LogP contribution in [0.3, 0.4) is 0 Å². The Morgan fingerprint density at radius 1 is 1.04 bits per heavy atom. The van der Waals surface area contributed by atoms with Gasteiger partial charge in [-0.25, -0.2) is 0 Å². The second-order valence-corrected chi connectivity index (χ2v) is 5.99. The molecule has 24 heavy (non-hydrogen) atoms. The van der Waals surface area contributed by atoms with E-state index in [1.165, 1.54) is 4.90 Å². The third-order valence-electron chi connectivity index (χ3n) is 3.99. The van der Waals surface area contributed by atoms with Crippen molar-refractivity contribution in [3.8, 4) is 0 Å². The van der Waals surface area contributed by atoms with Gasteiger partial charge in [0.25, 0.3) is 11.8 Å². The number of rotatable bonds is 4. The average molecular weight is 341 g/mol. The smallest absolute Gasteiger partial charge is 0.278 e. The molecule has 0 radical (unpaired) electrons. The number of carbonyl (C=O) groups is 2. The molecule has 0 atom stereocenters. The van der Waals surface area contributed by atoms with Crippen LogP contribution in [0.5, 0.6) is 0 Å². The van der Waals surface area contributed by atoms with Gasteiger partial charge in [0.1, 0.15) is 5.70 Å². The Hall–Kier alpha value is -2.59. The maximum atomic E-state index is 12.7. The van der Waals surface area contributed by atoms with Gasteiger partial charge in [0.05, 0.1) is 5.57 Å². The lowest BCUT2D eigenvalue weighted by Gasteiger charge is -2.13. The van der Waals surface area contributed by atoms with Crippen molar-refractivity contribution in [2.24, 2.45) is 0 Å². The van der Waals surface area contributed by atoms with Crippen LogP contribution in [0.25, 0.3) is 5.57 Å². The minimum absolute atomic E-state index is 0.275. The van der Waals surface area contributed by atoms with E-state index in [1.54, 1.807) is 19.1 Å². The molecule has 3 rings (SSSR count). The van der Waals surface area contributed by atoms with Crippen molar-refractivity contribution in [3.05, 3.63) is 70.4 Å². The second-order valence-electron chi connectivity index (χ2n) is 5.55. The highest BCUT2D eigenvalue weighted by Gasteiger charge is 2.38. The van der Waals surface area contributed by atoms with Crippen LogP contribution in [0.4, 0.5) is 5.69 Å². The predicted molar refractivity (Wildman–Crippen MR) is 95.6 cm³/mol. The summed E-state index contributed by atoms with van der Waals surface area (Å²) in [5, 5.41) is 3.76. The lowest BCUT2D eigenvalue weighted by molar-refractivity contribution is -0.136. The van der Waals surface area contributed by atoms with E-state index in [0.717, 1.165) is 16.8 Å². The number of imide groups is 1. The lowest BCUT2D eigenvalue weighted by Crippen LogP contribution is -2.32. The lowest BCUT2D eigenvalue weighted by atomic mass is 10.0. The highest BCUT2D eigenvalue weighted by atomic mass is 35.5. The van der Waals surface area contributed by atoms with E-state index in [9.17, 15) is 9.59 Å². The van der Waals surface area contributed by atoms with E-state index in [2.05, 4.69) is 5.32 Å². The number of halogens is 1. The summed E-state index contributed by atoms with van der Waals surface area (Å²) < 4.78 is 0. The number of hydrogen-bond donors (Lipinski definition) is 1. The van der Waals surface area contributed by atoms with Gasteiger partial charge in [-0.3, -0.25) is 14.5 Å². The molecule has 0 bridgehead atoms. The summed E-state index contributed by atoms with van der Waals surface area (Å²) in [6.07, 6.45) is 0. The van der Waals surface area contributed by atoms with Crippen molar-refractivity contribution < 1.29 is 9.59 Å². The van der Waals surface area contributed by atoms with Crippen molar-refractivity contribution >= 4 is 34.7 Å². The quantitative estimate of drug-likeness (QED) is 0.860. The van der Waals surface area contributed by atoms with E-state index in [0.29, 0.717) is 22.8 Å². The van der Waals surface area contributed by atoms with Crippen LogP contribution in [0.15, 0.2) is 54.2 Å². The van der Waals surface area contributed by atoms with Crippen molar-refractivity contribution in [2.45, 2.75) is 13.8 Å². The van der Waals surface area contributed by atoms with Crippen LogP contribution >= 0.6 is 11.6 Å². The predicted octanol–water partition coefficient (Wildman–Crippen LogP) is 3.86. The SMILES string of the molecule is CCN1C(=O)C(Nc2ccc(Cl)cc2C)=C(c2ccccc2)C1=O. The molecule has 2 amide bonds. The zero-order valence-electron chi connectivity index (χ0n) is 13.5. The molecule has 0 aliphatic carbocycles. The Bertz CT molecular complexity index is 844. The first-order valence-corrected chi connectivity index (χ1v) is 8.09. The molecular formula is C19H17ClN2O2. The molecule has 0 saturated carbocycles. The third kappa shape index (κ3) is 2.81. The Morgan fingerprint density at radius 2 is 1.75 bits per heavy atom. The van der Waals surface area contributed by atoms with Crippen LogP contribution in [0, 0.1) is 6.92 Å². The summed E-state index contributed by atoms with van der Waals surface area (Å²) in [7, 11) is 0. The minimum atomic E-state index is -0.310. The van der Waals surface area contributed by atoms with Gasteiger partial charge in [-0.2, -0.15) is 0 Å². The van der Waals surface area contributed by atoms with Crippen LogP contribution in [0.1, 0.15) is 18.1 Å². The second kappa shape index (κ2) is 6.49. The van der Waals surface area contributed by atoms with Crippen LogP contribution in [0.2, 0.25) is 5.02 Å². The van der Waals surface area contributed by atoms with Gasteiger partial charge in [0.2, 0.25) is 0 Å². The minimum Gasteiger partial charge on any atom is -0.350 e. The molecule has 1 heterocycles. The number of carbonyl (C=O) groups excluding carboxylic acids is 2. The van der Waals surface area contributed by atoms with E-state index in [1.807, 2.05) is 43.3 Å². The number of benzene rings is 2. The molecule has 1 aliphatic rings. The molecule has 0 fully saturated rings. The normalized spacial score (nSPS) is 14.5. The van der Waals surface area contributed by atoms with E-state index in [-0.39, 0.29) is 11.8 Å². The monoisotopic (exact) mass is 340 g/mol. The fourth-order valence-electron chi connectivity index (χ4n) is 2.75. The summed E-state index contributed by atoms with van der Waals surface area (Å²) in [5.74, 6) is -0.585. The Balaban J connectivity index is 2.10. The van der Waals surface area contributed by atoms with Gasteiger partial charge in [-0.05, 0) is 43.2 Å². The number of nitrogens with zero attached hydrogens (tertiary/aromatic N) is 1. The molecule has 1 N–H and O–H groups in total. The zero-order valence-corrected chi connectivity index (χ0v) is 14.2. The molecule has 0 saturated heterocycles. The Labute approximate surface area is 145 Å². The molecule has 0 aromatic heterocycles. The van der Waals surface area contributed by atoms with Crippen molar-refractivity contribution in [2.75, 3.05) is 11.9 Å². The van der Waals surface area contributed by atoms with Gasteiger partial charge in [-0.15, -0.1) is 0 Å². The van der Waals surface area contributed by atoms with Gasteiger partial charge < -0.3 is 5.32 Å². The first kappa shape index (κ1) is 16.3. The van der Waals surface area contributed by atoms with E-state index < -0.39 is 0 Å². The van der Waals surface area contributed by atoms with E-state index in [4.69, 9.17) is 11.6 Å². The van der Waals surface area contributed by atoms with Gasteiger partial charge in [0, 0.05) is 17.3 Å². The summed E-state index contributed by atoms with van der Waals surface area (Å²) in [6.45, 7) is 4.02. The molecule has 2 aromatic rings. The van der Waals surface area contributed by atoms with Crippen molar-refractivity contribution in [3.63, 3.8) is 0 Å². The first-order chi connectivity index (χ1) is 11.5. The molecule has 4 nitrogen and oxygen atoms in total. The fraction of sp³-hybridized carbons (Fsp3) is 0.158. The zero-order chi connectivity index (χ0) is 17.3. The topological polar surface area (TPSA) is 49.4 Å². The molecule has 0 unspecified atom stereocenters. The average Bonchev–Trinajstić information content (AvgIpc) is 2.81. The van der Waals surface area contributed by atoms with Crippen LogP contribution < -0.4 is 5.32 Å². The van der Waals surface area contributed by atoms with Gasteiger partial charge in [-0.1, -0.05) is 41.9 Å². The number of amides is 2. The summed E-state index contributed by atoms with van der Waals surface area (Å²) in [4.78, 5) is 26.6. The van der Waals surface area contributed by atoms with E-state index >= 15 is 0 Å². The maximum absolute atomic E-state index is 12.7. The molecule has 0 spiro atoms. The standard InChI is InChI=1S/C19H17ClN2O2/c1-3-22-18(23)16(13-7-5-4-6-8-13)17(19(22)24)21-15-10-9-14(20)11-12(15)2/h4-11,21H,3H2,1-2H3. The summed E-state index contributed by atoms with van der Waals surface area (Å²) in [6, 6.07) is 14.6. The van der Waals surface area contributed by atoms with Crippen molar-refractivity contribution in [1.29, 1.82) is 0 Å². The number of anilines is 1.